The van der Waals surface area contributed by atoms with E-state index >= 15 is 0 Å². The second-order valence-corrected chi connectivity index (χ2v) is 4.33. The summed E-state index contributed by atoms with van der Waals surface area (Å²) in [6.07, 6.45) is 7.04. The highest BCUT2D eigenvalue weighted by atomic mass is 16.1. The highest BCUT2D eigenvalue weighted by molar-refractivity contribution is 5.41. The fraction of sp³-hybridized carbons (Fsp3) is 0.538. The molecule has 1 aliphatic carbocycles. The van der Waals surface area contributed by atoms with Crippen LogP contribution in [-0.4, -0.2) is 4.57 Å². The van der Waals surface area contributed by atoms with Crippen LogP contribution < -0.4 is 5.56 Å². The lowest BCUT2D eigenvalue weighted by Gasteiger charge is -2.18. The Kier molecular flexibility index (Phi) is 3.09. The number of aromatic nitrogens is 1. The van der Waals surface area contributed by atoms with Gasteiger partial charge in [0, 0.05) is 12.7 Å². The zero-order chi connectivity index (χ0) is 11.5. The third-order valence-electron chi connectivity index (χ3n) is 3.18. The highest BCUT2D eigenvalue weighted by Crippen LogP contribution is 2.22. The standard InChI is InChI=1S/C13H16N2O/c1-2-7-15-9-10-5-3-4-6-11(10)12(8-14)13(15)16/h9H,2-7H2,1H3. The van der Waals surface area contributed by atoms with Crippen molar-refractivity contribution in [1.29, 1.82) is 5.26 Å². The Morgan fingerprint density at radius 3 is 2.88 bits per heavy atom. The predicted octanol–water partition coefficient (Wildman–Crippen LogP) is 2.01. The number of nitriles is 1. The van der Waals surface area contributed by atoms with Crippen LogP contribution in [0.5, 0.6) is 0 Å². The van der Waals surface area contributed by atoms with E-state index in [9.17, 15) is 4.79 Å². The van der Waals surface area contributed by atoms with Crippen LogP contribution in [0.2, 0.25) is 0 Å². The van der Waals surface area contributed by atoms with Crippen molar-refractivity contribution in [2.75, 3.05) is 0 Å². The summed E-state index contributed by atoms with van der Waals surface area (Å²) in [5.74, 6) is 0. The third kappa shape index (κ3) is 1.76. The van der Waals surface area contributed by atoms with Crippen LogP contribution in [0.1, 0.15) is 42.9 Å². The first-order valence-electron chi connectivity index (χ1n) is 5.93. The molecule has 2 rings (SSSR count). The Hall–Kier alpha value is -1.56. The molecule has 84 valence electrons. The minimum atomic E-state index is -0.106. The van der Waals surface area contributed by atoms with Crippen molar-refractivity contribution in [3.05, 3.63) is 33.2 Å². The molecule has 1 heterocycles. The zero-order valence-corrected chi connectivity index (χ0v) is 9.62. The van der Waals surface area contributed by atoms with E-state index in [4.69, 9.17) is 5.26 Å². The van der Waals surface area contributed by atoms with Gasteiger partial charge in [-0.25, -0.2) is 0 Å². The van der Waals surface area contributed by atoms with Crippen molar-refractivity contribution in [3.8, 4) is 6.07 Å². The van der Waals surface area contributed by atoms with Gasteiger partial charge in [-0.3, -0.25) is 4.79 Å². The molecule has 0 amide bonds. The Labute approximate surface area is 95.3 Å². The van der Waals surface area contributed by atoms with Gasteiger partial charge in [-0.05, 0) is 43.2 Å². The summed E-state index contributed by atoms with van der Waals surface area (Å²) in [6.45, 7) is 2.75. The number of fused-ring (bicyclic) bond motifs is 1. The molecule has 0 atom stereocenters. The lowest BCUT2D eigenvalue weighted by atomic mass is 9.90. The second kappa shape index (κ2) is 4.52. The summed E-state index contributed by atoms with van der Waals surface area (Å²) >= 11 is 0. The van der Waals surface area contributed by atoms with E-state index in [1.165, 1.54) is 12.0 Å². The Bertz CT molecular complexity index is 494. The predicted molar refractivity (Wildman–Crippen MR) is 62.4 cm³/mol. The van der Waals surface area contributed by atoms with E-state index < -0.39 is 0 Å². The van der Waals surface area contributed by atoms with Gasteiger partial charge in [-0.2, -0.15) is 5.26 Å². The molecule has 3 heteroatoms. The molecule has 0 saturated heterocycles. The van der Waals surface area contributed by atoms with Crippen LogP contribution in [0.3, 0.4) is 0 Å². The van der Waals surface area contributed by atoms with Crippen LogP contribution in [0, 0.1) is 11.3 Å². The van der Waals surface area contributed by atoms with Gasteiger partial charge in [-0.1, -0.05) is 6.92 Å². The molecule has 0 bridgehead atoms. The molecule has 0 N–H and O–H groups in total. The molecule has 1 aromatic rings. The zero-order valence-electron chi connectivity index (χ0n) is 9.62. The van der Waals surface area contributed by atoms with Crippen molar-refractivity contribution in [1.82, 2.24) is 4.57 Å². The highest BCUT2D eigenvalue weighted by Gasteiger charge is 2.17. The first-order valence-corrected chi connectivity index (χ1v) is 5.93. The Morgan fingerprint density at radius 1 is 1.44 bits per heavy atom. The van der Waals surface area contributed by atoms with E-state index in [1.807, 2.05) is 13.1 Å². The molecule has 16 heavy (non-hydrogen) atoms. The Balaban J connectivity index is 2.61. The maximum absolute atomic E-state index is 12.0. The molecular weight excluding hydrogens is 200 g/mol. The van der Waals surface area contributed by atoms with Crippen molar-refractivity contribution < 1.29 is 0 Å². The average Bonchev–Trinajstić information content (AvgIpc) is 2.31. The molecule has 0 fully saturated rings. The largest absolute Gasteiger partial charge is 0.314 e. The quantitative estimate of drug-likeness (QED) is 0.759. The average molecular weight is 216 g/mol. The summed E-state index contributed by atoms with van der Waals surface area (Å²) in [5, 5.41) is 9.10. The monoisotopic (exact) mass is 216 g/mol. The van der Waals surface area contributed by atoms with E-state index in [0.29, 0.717) is 12.1 Å². The van der Waals surface area contributed by atoms with Crippen molar-refractivity contribution in [3.63, 3.8) is 0 Å². The second-order valence-electron chi connectivity index (χ2n) is 4.33. The number of pyridine rings is 1. The van der Waals surface area contributed by atoms with E-state index in [-0.39, 0.29) is 5.56 Å². The van der Waals surface area contributed by atoms with Crippen LogP contribution in [0.25, 0.3) is 0 Å². The minimum absolute atomic E-state index is 0.106. The first-order chi connectivity index (χ1) is 7.77. The van der Waals surface area contributed by atoms with Gasteiger partial charge in [0.25, 0.3) is 5.56 Å². The van der Waals surface area contributed by atoms with Crippen molar-refractivity contribution >= 4 is 0 Å². The summed E-state index contributed by atoms with van der Waals surface area (Å²) in [4.78, 5) is 12.0. The molecule has 1 aliphatic rings. The smallest absolute Gasteiger partial charge is 0.268 e. The number of hydrogen-bond acceptors (Lipinski definition) is 2. The van der Waals surface area contributed by atoms with Crippen molar-refractivity contribution in [2.24, 2.45) is 0 Å². The lowest BCUT2D eigenvalue weighted by Crippen LogP contribution is -2.26. The summed E-state index contributed by atoms with van der Waals surface area (Å²) in [5.41, 5.74) is 2.48. The van der Waals surface area contributed by atoms with Gasteiger partial charge >= 0.3 is 0 Å². The van der Waals surface area contributed by atoms with Gasteiger partial charge in [0.05, 0.1) is 0 Å². The first kappa shape index (κ1) is 10.9. The third-order valence-corrected chi connectivity index (χ3v) is 3.18. The van der Waals surface area contributed by atoms with E-state index in [0.717, 1.165) is 31.2 Å². The van der Waals surface area contributed by atoms with Crippen molar-refractivity contribution in [2.45, 2.75) is 45.6 Å². The molecule has 3 nitrogen and oxygen atoms in total. The molecule has 0 aliphatic heterocycles. The molecule has 0 radical (unpaired) electrons. The number of aryl methyl sites for hydroxylation is 2. The van der Waals surface area contributed by atoms with Crippen LogP contribution >= 0.6 is 0 Å². The van der Waals surface area contributed by atoms with E-state index in [1.54, 1.807) is 4.57 Å². The topological polar surface area (TPSA) is 45.8 Å². The van der Waals surface area contributed by atoms with Crippen LogP contribution in [0.15, 0.2) is 11.0 Å². The van der Waals surface area contributed by atoms with E-state index in [2.05, 4.69) is 6.07 Å². The SMILES string of the molecule is CCCn1cc2c(c(C#N)c1=O)CCCC2. The molecule has 0 saturated carbocycles. The molecule has 0 unspecified atom stereocenters. The molecule has 1 aromatic heterocycles. The molecule has 0 spiro atoms. The fourth-order valence-electron chi connectivity index (χ4n) is 2.40. The van der Waals surface area contributed by atoms with Crippen LogP contribution in [0.4, 0.5) is 0 Å². The summed E-state index contributed by atoms with van der Waals surface area (Å²) < 4.78 is 1.70. The minimum Gasteiger partial charge on any atom is -0.314 e. The maximum atomic E-state index is 12.0. The van der Waals surface area contributed by atoms with Crippen LogP contribution in [-0.2, 0) is 19.4 Å². The van der Waals surface area contributed by atoms with Gasteiger partial charge in [0.1, 0.15) is 11.6 Å². The van der Waals surface area contributed by atoms with Gasteiger partial charge < -0.3 is 4.57 Å². The maximum Gasteiger partial charge on any atom is 0.268 e. The van der Waals surface area contributed by atoms with Gasteiger partial charge in [0.2, 0.25) is 0 Å². The van der Waals surface area contributed by atoms with Gasteiger partial charge in [-0.15, -0.1) is 0 Å². The normalized spacial score (nSPS) is 14.2. The lowest BCUT2D eigenvalue weighted by molar-refractivity contribution is 0.618. The summed E-state index contributed by atoms with van der Waals surface area (Å²) in [7, 11) is 0. The Morgan fingerprint density at radius 2 is 2.19 bits per heavy atom. The number of rotatable bonds is 2. The molecular formula is C13H16N2O. The fourth-order valence-corrected chi connectivity index (χ4v) is 2.40. The summed E-state index contributed by atoms with van der Waals surface area (Å²) in [6, 6.07) is 2.09. The number of hydrogen-bond donors (Lipinski definition) is 0. The number of nitrogens with zero attached hydrogens (tertiary/aromatic N) is 2. The molecule has 0 aromatic carbocycles. The van der Waals surface area contributed by atoms with Gasteiger partial charge in [0.15, 0.2) is 0 Å².